The van der Waals surface area contributed by atoms with Gasteiger partial charge in [0, 0.05) is 29.7 Å². The van der Waals surface area contributed by atoms with Gasteiger partial charge in [-0.05, 0) is 24.5 Å². The molecule has 2 aromatic rings. The van der Waals surface area contributed by atoms with Gasteiger partial charge < -0.3 is 5.32 Å². The van der Waals surface area contributed by atoms with E-state index in [1.165, 1.54) is 0 Å². The molecule has 1 aromatic carbocycles. The molecule has 0 bridgehead atoms. The predicted molar refractivity (Wildman–Crippen MR) is 89.1 cm³/mol. The summed E-state index contributed by atoms with van der Waals surface area (Å²) < 4.78 is 0. The van der Waals surface area contributed by atoms with Gasteiger partial charge >= 0.3 is 0 Å². The number of hydrogen-bond acceptors (Lipinski definition) is 3. The molecule has 0 aliphatic heterocycles. The Morgan fingerprint density at radius 1 is 1.10 bits per heavy atom. The van der Waals surface area contributed by atoms with Crippen molar-refractivity contribution < 1.29 is 0 Å². The maximum absolute atomic E-state index is 6.23. The molecule has 0 atom stereocenters. The van der Waals surface area contributed by atoms with Crippen LogP contribution < -0.4 is 5.32 Å². The molecule has 2 rings (SSSR count). The number of hydrogen-bond donors (Lipinski definition) is 1. The van der Waals surface area contributed by atoms with Crippen molar-refractivity contribution in [2.24, 2.45) is 0 Å². The standard InChI is InChI=1S/C17H22ClN3/c1-3-7-14-12-16(19-10-4-2)21-17(20-14)11-13-8-5-6-9-15(13)18/h5-6,8-9,12H,3-4,7,10-11H2,1-2H3,(H,19,20,21). The van der Waals surface area contributed by atoms with Crippen LogP contribution in [0.3, 0.4) is 0 Å². The van der Waals surface area contributed by atoms with Gasteiger partial charge in [0.1, 0.15) is 11.6 Å². The molecule has 0 aliphatic carbocycles. The molecule has 3 nitrogen and oxygen atoms in total. The highest BCUT2D eigenvalue weighted by Gasteiger charge is 2.07. The van der Waals surface area contributed by atoms with Crippen molar-refractivity contribution in [3.05, 3.63) is 52.4 Å². The molecule has 0 aliphatic rings. The number of nitrogens with one attached hydrogen (secondary N) is 1. The van der Waals surface area contributed by atoms with Gasteiger partial charge in [0.15, 0.2) is 0 Å². The molecule has 0 fully saturated rings. The third kappa shape index (κ3) is 4.71. The maximum atomic E-state index is 6.23. The molecule has 0 radical (unpaired) electrons. The fraction of sp³-hybridized carbons (Fsp3) is 0.412. The largest absolute Gasteiger partial charge is 0.370 e. The van der Waals surface area contributed by atoms with E-state index in [2.05, 4.69) is 35.2 Å². The minimum absolute atomic E-state index is 0.665. The molecule has 21 heavy (non-hydrogen) atoms. The van der Waals surface area contributed by atoms with Gasteiger partial charge in [-0.25, -0.2) is 9.97 Å². The summed E-state index contributed by atoms with van der Waals surface area (Å²) in [5.74, 6) is 1.74. The SMILES string of the molecule is CCCNc1cc(CCC)nc(Cc2ccccc2Cl)n1. The normalized spacial score (nSPS) is 10.6. The summed E-state index contributed by atoms with van der Waals surface area (Å²) in [6.07, 6.45) is 3.79. The summed E-state index contributed by atoms with van der Waals surface area (Å²) in [6, 6.07) is 9.91. The lowest BCUT2D eigenvalue weighted by atomic mass is 10.1. The fourth-order valence-corrected chi connectivity index (χ4v) is 2.37. The van der Waals surface area contributed by atoms with Crippen molar-refractivity contribution in [3.63, 3.8) is 0 Å². The first-order valence-electron chi connectivity index (χ1n) is 7.57. The predicted octanol–water partition coefficient (Wildman–Crippen LogP) is 4.50. The minimum atomic E-state index is 0.665. The van der Waals surface area contributed by atoms with Crippen molar-refractivity contribution in [1.82, 2.24) is 9.97 Å². The van der Waals surface area contributed by atoms with Crippen LogP contribution in [0.25, 0.3) is 0 Å². The highest BCUT2D eigenvalue weighted by Crippen LogP contribution is 2.19. The zero-order valence-corrected chi connectivity index (χ0v) is 13.5. The van der Waals surface area contributed by atoms with E-state index in [1.54, 1.807) is 0 Å². The van der Waals surface area contributed by atoms with Gasteiger partial charge in [-0.2, -0.15) is 0 Å². The third-order valence-electron chi connectivity index (χ3n) is 3.19. The second-order valence-electron chi connectivity index (χ2n) is 5.11. The van der Waals surface area contributed by atoms with Crippen molar-refractivity contribution in [2.45, 2.75) is 39.5 Å². The Morgan fingerprint density at radius 3 is 2.62 bits per heavy atom. The van der Waals surface area contributed by atoms with Crippen LogP contribution in [0, 0.1) is 0 Å². The first kappa shape index (κ1) is 15.8. The van der Waals surface area contributed by atoms with Crippen LogP contribution in [0.5, 0.6) is 0 Å². The number of aromatic nitrogens is 2. The average molecular weight is 304 g/mol. The number of halogens is 1. The van der Waals surface area contributed by atoms with E-state index in [9.17, 15) is 0 Å². The van der Waals surface area contributed by atoms with E-state index in [0.29, 0.717) is 6.42 Å². The Bertz CT molecular complexity index is 584. The molecule has 1 N–H and O–H groups in total. The van der Waals surface area contributed by atoms with Gasteiger partial charge in [0.05, 0.1) is 0 Å². The van der Waals surface area contributed by atoms with Crippen molar-refractivity contribution >= 4 is 17.4 Å². The summed E-state index contributed by atoms with van der Waals surface area (Å²) in [7, 11) is 0. The lowest BCUT2D eigenvalue weighted by Gasteiger charge is -2.10. The van der Waals surface area contributed by atoms with Gasteiger partial charge in [0.25, 0.3) is 0 Å². The van der Waals surface area contributed by atoms with E-state index < -0.39 is 0 Å². The molecule has 0 unspecified atom stereocenters. The van der Waals surface area contributed by atoms with E-state index in [-0.39, 0.29) is 0 Å². The van der Waals surface area contributed by atoms with Crippen LogP contribution in [0.4, 0.5) is 5.82 Å². The van der Waals surface area contributed by atoms with E-state index in [4.69, 9.17) is 11.6 Å². The van der Waals surface area contributed by atoms with E-state index in [0.717, 1.165) is 53.7 Å². The number of anilines is 1. The zero-order chi connectivity index (χ0) is 15.1. The molecule has 0 spiro atoms. The molecule has 1 aromatic heterocycles. The second-order valence-corrected chi connectivity index (χ2v) is 5.51. The van der Waals surface area contributed by atoms with E-state index >= 15 is 0 Å². The number of rotatable bonds is 7. The highest BCUT2D eigenvalue weighted by atomic mass is 35.5. The molecular formula is C17H22ClN3. The summed E-state index contributed by atoms with van der Waals surface area (Å²) in [5.41, 5.74) is 2.16. The topological polar surface area (TPSA) is 37.8 Å². The van der Waals surface area contributed by atoms with E-state index in [1.807, 2.05) is 24.3 Å². The second kappa shape index (κ2) is 7.99. The molecule has 1 heterocycles. The maximum Gasteiger partial charge on any atom is 0.135 e. The quantitative estimate of drug-likeness (QED) is 0.818. The first-order valence-corrected chi connectivity index (χ1v) is 7.94. The molecule has 0 saturated heterocycles. The van der Waals surface area contributed by atoms with Gasteiger partial charge in [-0.3, -0.25) is 0 Å². The summed E-state index contributed by atoms with van der Waals surface area (Å²) in [6.45, 7) is 5.23. The molecule has 4 heteroatoms. The Kier molecular flexibility index (Phi) is 6.00. The minimum Gasteiger partial charge on any atom is -0.370 e. The van der Waals surface area contributed by atoms with Crippen LogP contribution in [0.2, 0.25) is 5.02 Å². The Hall–Kier alpha value is -1.61. The molecule has 0 saturated carbocycles. The Morgan fingerprint density at radius 2 is 1.90 bits per heavy atom. The summed E-state index contributed by atoms with van der Waals surface area (Å²) in [4.78, 5) is 9.27. The number of aryl methyl sites for hydroxylation is 1. The average Bonchev–Trinajstić information content (AvgIpc) is 2.48. The lowest BCUT2D eigenvalue weighted by Crippen LogP contribution is -2.08. The van der Waals surface area contributed by atoms with Crippen LogP contribution >= 0.6 is 11.6 Å². The van der Waals surface area contributed by atoms with Crippen molar-refractivity contribution in [1.29, 1.82) is 0 Å². The van der Waals surface area contributed by atoms with Crippen LogP contribution in [0.15, 0.2) is 30.3 Å². The summed E-state index contributed by atoms with van der Waals surface area (Å²) >= 11 is 6.23. The number of nitrogens with zero attached hydrogens (tertiary/aromatic N) is 2. The van der Waals surface area contributed by atoms with Crippen LogP contribution in [-0.2, 0) is 12.8 Å². The highest BCUT2D eigenvalue weighted by molar-refractivity contribution is 6.31. The lowest BCUT2D eigenvalue weighted by molar-refractivity contribution is 0.838. The number of benzene rings is 1. The van der Waals surface area contributed by atoms with Crippen molar-refractivity contribution in [3.8, 4) is 0 Å². The van der Waals surface area contributed by atoms with Crippen LogP contribution in [0.1, 0.15) is 43.8 Å². The third-order valence-corrected chi connectivity index (χ3v) is 3.56. The molecular weight excluding hydrogens is 282 g/mol. The smallest absolute Gasteiger partial charge is 0.135 e. The molecule has 112 valence electrons. The first-order chi connectivity index (χ1) is 10.2. The zero-order valence-electron chi connectivity index (χ0n) is 12.7. The Balaban J connectivity index is 2.24. The van der Waals surface area contributed by atoms with Gasteiger partial charge in [-0.15, -0.1) is 0 Å². The van der Waals surface area contributed by atoms with Crippen LogP contribution in [-0.4, -0.2) is 16.5 Å². The Labute approximate surface area is 131 Å². The van der Waals surface area contributed by atoms with Crippen molar-refractivity contribution in [2.75, 3.05) is 11.9 Å². The molecule has 0 amide bonds. The van der Waals surface area contributed by atoms with Gasteiger partial charge in [-0.1, -0.05) is 50.1 Å². The fourth-order valence-electron chi connectivity index (χ4n) is 2.17. The monoisotopic (exact) mass is 303 g/mol. The van der Waals surface area contributed by atoms with Gasteiger partial charge in [0.2, 0.25) is 0 Å². The summed E-state index contributed by atoms with van der Waals surface area (Å²) in [5, 5.41) is 4.12.